The normalized spacial score (nSPS) is 9.76. The molecule has 0 radical (unpaired) electrons. The van der Waals surface area contributed by atoms with E-state index in [0.717, 1.165) is 17.6 Å². The molecule has 0 spiro atoms. The van der Waals surface area contributed by atoms with Crippen molar-refractivity contribution < 1.29 is 14.3 Å². The standard InChI is InChI=1S/C14H18O3/c1-4-11(2)10-17-13-8-6-5-7-12(13)9-14(15)16-3/h5-8H,2,4,9-10H2,1,3H3. The average Bonchev–Trinajstić information content (AvgIpc) is 2.37. The summed E-state index contributed by atoms with van der Waals surface area (Å²) in [5.74, 6) is 0.447. The predicted octanol–water partition coefficient (Wildman–Crippen LogP) is 2.75. The van der Waals surface area contributed by atoms with E-state index in [-0.39, 0.29) is 12.4 Å². The minimum atomic E-state index is -0.268. The molecule has 3 nitrogen and oxygen atoms in total. The maximum absolute atomic E-state index is 11.2. The Bertz CT molecular complexity index is 396. The Morgan fingerprint density at radius 2 is 2.06 bits per heavy atom. The molecule has 0 aromatic heterocycles. The molecule has 0 amide bonds. The monoisotopic (exact) mass is 234 g/mol. The minimum absolute atomic E-state index is 0.227. The summed E-state index contributed by atoms with van der Waals surface area (Å²) in [5.41, 5.74) is 1.86. The Kier molecular flexibility index (Phi) is 5.27. The van der Waals surface area contributed by atoms with E-state index in [1.54, 1.807) is 0 Å². The van der Waals surface area contributed by atoms with Crippen molar-refractivity contribution in [3.63, 3.8) is 0 Å². The van der Waals surface area contributed by atoms with Gasteiger partial charge in [-0.3, -0.25) is 4.79 Å². The molecule has 0 heterocycles. The maximum Gasteiger partial charge on any atom is 0.310 e. The molecule has 0 atom stereocenters. The quantitative estimate of drug-likeness (QED) is 0.561. The third-order valence-electron chi connectivity index (χ3n) is 2.47. The number of rotatable bonds is 6. The number of para-hydroxylation sites is 1. The lowest BCUT2D eigenvalue weighted by atomic mass is 10.1. The van der Waals surface area contributed by atoms with Gasteiger partial charge in [-0.1, -0.05) is 31.7 Å². The Hall–Kier alpha value is -1.77. The summed E-state index contributed by atoms with van der Waals surface area (Å²) in [6.45, 7) is 6.39. The summed E-state index contributed by atoms with van der Waals surface area (Å²) in [4.78, 5) is 11.2. The van der Waals surface area contributed by atoms with Crippen LogP contribution >= 0.6 is 0 Å². The summed E-state index contributed by atoms with van der Waals surface area (Å²) in [6.07, 6.45) is 1.12. The lowest BCUT2D eigenvalue weighted by Crippen LogP contribution is -2.07. The number of benzene rings is 1. The Labute approximate surface area is 102 Å². The fourth-order valence-electron chi connectivity index (χ4n) is 1.30. The Morgan fingerprint density at radius 1 is 1.35 bits per heavy atom. The van der Waals surface area contributed by atoms with Crippen LogP contribution in [-0.2, 0) is 16.0 Å². The van der Waals surface area contributed by atoms with Crippen molar-refractivity contribution in [2.24, 2.45) is 0 Å². The molecule has 0 unspecified atom stereocenters. The molecule has 0 aliphatic heterocycles. The number of carbonyl (C=O) groups is 1. The second-order valence-electron chi connectivity index (χ2n) is 3.75. The zero-order valence-corrected chi connectivity index (χ0v) is 10.4. The highest BCUT2D eigenvalue weighted by atomic mass is 16.5. The first kappa shape index (κ1) is 13.3. The fraction of sp³-hybridized carbons (Fsp3) is 0.357. The van der Waals surface area contributed by atoms with Crippen LogP contribution in [0.5, 0.6) is 5.75 Å². The second-order valence-corrected chi connectivity index (χ2v) is 3.75. The molecule has 0 saturated heterocycles. The molecule has 1 aromatic rings. The van der Waals surface area contributed by atoms with Gasteiger partial charge in [0.2, 0.25) is 0 Å². The van der Waals surface area contributed by atoms with Crippen LogP contribution in [0.3, 0.4) is 0 Å². The van der Waals surface area contributed by atoms with E-state index >= 15 is 0 Å². The van der Waals surface area contributed by atoms with E-state index in [2.05, 4.69) is 11.3 Å². The summed E-state index contributed by atoms with van der Waals surface area (Å²) in [7, 11) is 1.38. The molecule has 92 valence electrons. The van der Waals surface area contributed by atoms with Crippen molar-refractivity contribution in [2.45, 2.75) is 19.8 Å². The van der Waals surface area contributed by atoms with E-state index in [9.17, 15) is 4.79 Å². The molecular weight excluding hydrogens is 216 g/mol. The summed E-state index contributed by atoms with van der Waals surface area (Å²) < 4.78 is 10.3. The second kappa shape index (κ2) is 6.74. The van der Waals surface area contributed by atoms with E-state index in [1.165, 1.54) is 7.11 Å². The van der Waals surface area contributed by atoms with Gasteiger partial charge in [-0.15, -0.1) is 0 Å². The lowest BCUT2D eigenvalue weighted by molar-refractivity contribution is -0.139. The van der Waals surface area contributed by atoms with Gasteiger partial charge in [0.1, 0.15) is 12.4 Å². The number of hydrogen-bond acceptors (Lipinski definition) is 3. The van der Waals surface area contributed by atoms with Crippen LogP contribution in [0.1, 0.15) is 18.9 Å². The van der Waals surface area contributed by atoms with Crippen molar-refractivity contribution >= 4 is 5.97 Å². The van der Waals surface area contributed by atoms with Crippen molar-refractivity contribution in [2.75, 3.05) is 13.7 Å². The largest absolute Gasteiger partial charge is 0.489 e. The van der Waals surface area contributed by atoms with E-state index in [4.69, 9.17) is 4.74 Å². The predicted molar refractivity (Wildman–Crippen MR) is 67.1 cm³/mol. The number of ether oxygens (including phenoxy) is 2. The average molecular weight is 234 g/mol. The third kappa shape index (κ3) is 4.31. The third-order valence-corrected chi connectivity index (χ3v) is 2.47. The van der Waals surface area contributed by atoms with Crippen LogP contribution in [0.15, 0.2) is 36.4 Å². The molecular formula is C14H18O3. The van der Waals surface area contributed by atoms with Crippen molar-refractivity contribution in [3.05, 3.63) is 42.0 Å². The topological polar surface area (TPSA) is 35.5 Å². The smallest absolute Gasteiger partial charge is 0.310 e. The van der Waals surface area contributed by atoms with Gasteiger partial charge in [-0.25, -0.2) is 0 Å². The molecule has 3 heteroatoms. The highest BCUT2D eigenvalue weighted by Crippen LogP contribution is 2.19. The van der Waals surface area contributed by atoms with Crippen LogP contribution in [0.25, 0.3) is 0 Å². The van der Waals surface area contributed by atoms with Crippen molar-refractivity contribution in [1.29, 1.82) is 0 Å². The molecule has 0 aliphatic carbocycles. The highest BCUT2D eigenvalue weighted by Gasteiger charge is 2.08. The molecule has 0 bridgehead atoms. The van der Waals surface area contributed by atoms with Crippen LogP contribution in [0.2, 0.25) is 0 Å². The summed E-state index contributed by atoms with van der Waals surface area (Å²) in [5, 5.41) is 0. The lowest BCUT2D eigenvalue weighted by Gasteiger charge is -2.11. The van der Waals surface area contributed by atoms with Gasteiger partial charge in [-0.2, -0.15) is 0 Å². The first-order chi connectivity index (χ1) is 8.17. The molecule has 17 heavy (non-hydrogen) atoms. The van der Waals surface area contributed by atoms with Crippen LogP contribution < -0.4 is 4.74 Å². The SMILES string of the molecule is C=C(CC)COc1ccccc1CC(=O)OC. The van der Waals surface area contributed by atoms with E-state index in [1.807, 2.05) is 31.2 Å². The van der Waals surface area contributed by atoms with Crippen LogP contribution in [0, 0.1) is 0 Å². The molecule has 0 saturated carbocycles. The van der Waals surface area contributed by atoms with Crippen LogP contribution in [0.4, 0.5) is 0 Å². The molecule has 1 aromatic carbocycles. The first-order valence-corrected chi connectivity index (χ1v) is 5.61. The summed E-state index contributed by atoms with van der Waals surface area (Å²) >= 11 is 0. The van der Waals surface area contributed by atoms with Gasteiger partial charge in [0.05, 0.1) is 13.5 Å². The molecule has 0 fully saturated rings. The van der Waals surface area contributed by atoms with E-state index in [0.29, 0.717) is 12.4 Å². The molecule has 0 N–H and O–H groups in total. The summed E-state index contributed by atoms with van der Waals surface area (Å²) in [6, 6.07) is 7.47. The number of carbonyl (C=O) groups excluding carboxylic acids is 1. The zero-order chi connectivity index (χ0) is 12.7. The number of esters is 1. The van der Waals surface area contributed by atoms with Gasteiger partial charge >= 0.3 is 5.97 Å². The van der Waals surface area contributed by atoms with Gasteiger partial charge in [-0.05, 0) is 18.1 Å². The van der Waals surface area contributed by atoms with Crippen molar-refractivity contribution in [3.8, 4) is 5.75 Å². The molecule has 0 aliphatic rings. The number of hydrogen-bond donors (Lipinski definition) is 0. The van der Waals surface area contributed by atoms with Gasteiger partial charge in [0.25, 0.3) is 0 Å². The fourth-order valence-corrected chi connectivity index (χ4v) is 1.30. The Morgan fingerprint density at radius 3 is 2.71 bits per heavy atom. The first-order valence-electron chi connectivity index (χ1n) is 5.61. The van der Waals surface area contributed by atoms with Gasteiger partial charge < -0.3 is 9.47 Å². The zero-order valence-electron chi connectivity index (χ0n) is 10.4. The highest BCUT2D eigenvalue weighted by molar-refractivity contribution is 5.73. The van der Waals surface area contributed by atoms with E-state index < -0.39 is 0 Å². The molecule has 1 rings (SSSR count). The number of methoxy groups -OCH3 is 1. The Balaban J connectivity index is 2.70. The maximum atomic E-state index is 11.2. The van der Waals surface area contributed by atoms with Crippen molar-refractivity contribution in [1.82, 2.24) is 0 Å². The van der Waals surface area contributed by atoms with Gasteiger partial charge in [0, 0.05) is 5.56 Å². The van der Waals surface area contributed by atoms with Gasteiger partial charge in [0.15, 0.2) is 0 Å². The minimum Gasteiger partial charge on any atom is -0.489 e. The van der Waals surface area contributed by atoms with Crippen LogP contribution in [-0.4, -0.2) is 19.7 Å².